The molecule has 3 N–H and O–H groups in total. The zero-order chi connectivity index (χ0) is 19.0. The van der Waals surface area contributed by atoms with Gasteiger partial charge in [-0.15, -0.1) is 0 Å². The first kappa shape index (κ1) is 17.2. The van der Waals surface area contributed by atoms with Crippen LogP contribution in [0.3, 0.4) is 0 Å². The maximum Gasteiger partial charge on any atom is 0.212 e. The van der Waals surface area contributed by atoms with Gasteiger partial charge in [-0.25, -0.2) is 23.1 Å². The van der Waals surface area contributed by atoms with Crippen LogP contribution >= 0.6 is 0 Å². The molecule has 0 amide bonds. The van der Waals surface area contributed by atoms with E-state index in [1.54, 1.807) is 13.1 Å². The van der Waals surface area contributed by atoms with Crippen LogP contribution in [-0.4, -0.2) is 44.3 Å². The Bertz CT molecular complexity index is 1140. The molecule has 3 heterocycles. The third kappa shape index (κ3) is 2.31. The van der Waals surface area contributed by atoms with Gasteiger partial charge in [-0.1, -0.05) is 6.92 Å². The molecule has 3 aromatic rings. The van der Waals surface area contributed by atoms with E-state index < -0.39 is 16.1 Å². The molecule has 3 aliphatic carbocycles. The van der Waals surface area contributed by atoms with Crippen LogP contribution in [0.5, 0.6) is 0 Å². The second-order valence-corrected chi connectivity index (χ2v) is 10.0. The van der Waals surface area contributed by atoms with E-state index in [9.17, 15) is 13.5 Å². The molecule has 1 unspecified atom stereocenters. The smallest absolute Gasteiger partial charge is 0.212 e. The minimum atomic E-state index is -3.24. The molecular formula is C18H23N5O3S. The predicted octanol–water partition coefficient (Wildman–Crippen LogP) is 1.93. The number of hydrogen-bond acceptors (Lipinski definition) is 5. The van der Waals surface area contributed by atoms with Crippen LogP contribution < -0.4 is 4.72 Å². The number of nitrogens with one attached hydrogen (secondary N) is 2. The SMILES string of the molecule is CCCS(=O)(=O)NC12CC(n3c(C(C)O)nc4cnc5[nH]ccc5c43)(C1)C2. The van der Waals surface area contributed by atoms with Crippen LogP contribution in [0, 0.1) is 0 Å². The van der Waals surface area contributed by atoms with Crippen molar-refractivity contribution < 1.29 is 13.5 Å². The number of pyridine rings is 1. The van der Waals surface area contributed by atoms with E-state index in [-0.39, 0.29) is 16.8 Å². The van der Waals surface area contributed by atoms with E-state index in [2.05, 4.69) is 24.2 Å². The highest BCUT2D eigenvalue weighted by Gasteiger charge is 2.71. The molecule has 3 aromatic heterocycles. The molecule has 1 atom stereocenters. The van der Waals surface area contributed by atoms with Gasteiger partial charge in [0.1, 0.15) is 23.1 Å². The molecule has 0 radical (unpaired) electrons. The van der Waals surface area contributed by atoms with E-state index >= 15 is 0 Å². The van der Waals surface area contributed by atoms with Crippen molar-refractivity contribution >= 4 is 32.1 Å². The Balaban J connectivity index is 1.57. The Morgan fingerprint density at radius 3 is 2.81 bits per heavy atom. The van der Waals surface area contributed by atoms with Crippen molar-refractivity contribution in [2.45, 2.75) is 56.7 Å². The van der Waals surface area contributed by atoms with Gasteiger partial charge in [0.2, 0.25) is 10.0 Å². The Hall–Kier alpha value is -1.97. The summed E-state index contributed by atoms with van der Waals surface area (Å²) in [5.41, 5.74) is 1.96. The van der Waals surface area contributed by atoms with Gasteiger partial charge in [0.05, 0.1) is 23.0 Å². The molecule has 3 saturated carbocycles. The molecule has 144 valence electrons. The molecule has 27 heavy (non-hydrogen) atoms. The second kappa shape index (κ2) is 5.30. The summed E-state index contributed by atoms with van der Waals surface area (Å²) >= 11 is 0. The first-order valence-corrected chi connectivity index (χ1v) is 11.0. The summed E-state index contributed by atoms with van der Waals surface area (Å²) in [5.74, 6) is 0.773. The molecular weight excluding hydrogens is 366 g/mol. The minimum Gasteiger partial charge on any atom is -0.385 e. The molecule has 0 aliphatic heterocycles. The number of H-pyrrole nitrogens is 1. The summed E-state index contributed by atoms with van der Waals surface area (Å²) < 4.78 is 29.4. The number of fused-ring (bicyclic) bond motifs is 3. The molecule has 3 fully saturated rings. The Morgan fingerprint density at radius 2 is 2.15 bits per heavy atom. The molecule has 6 rings (SSSR count). The number of imidazole rings is 1. The number of nitrogens with zero attached hydrogens (tertiary/aromatic N) is 3. The van der Waals surface area contributed by atoms with Crippen LogP contribution in [0.4, 0.5) is 0 Å². The van der Waals surface area contributed by atoms with E-state index in [1.807, 2.05) is 19.2 Å². The summed E-state index contributed by atoms with van der Waals surface area (Å²) in [7, 11) is -3.24. The van der Waals surface area contributed by atoms with Gasteiger partial charge >= 0.3 is 0 Å². The number of aromatic nitrogens is 4. The van der Waals surface area contributed by atoms with Gasteiger partial charge in [-0.2, -0.15) is 0 Å². The highest BCUT2D eigenvalue weighted by atomic mass is 32.2. The topological polar surface area (TPSA) is 113 Å². The fourth-order valence-corrected chi connectivity index (χ4v) is 6.59. The molecule has 2 bridgehead atoms. The second-order valence-electron chi connectivity index (χ2n) is 8.17. The van der Waals surface area contributed by atoms with Gasteiger partial charge in [0.25, 0.3) is 0 Å². The number of hydrogen-bond donors (Lipinski definition) is 3. The highest BCUT2D eigenvalue weighted by Crippen LogP contribution is 2.66. The number of aliphatic hydroxyl groups excluding tert-OH is 1. The predicted molar refractivity (Wildman–Crippen MR) is 102 cm³/mol. The average molecular weight is 389 g/mol. The molecule has 0 spiro atoms. The number of rotatable bonds is 6. The van der Waals surface area contributed by atoms with E-state index in [0.29, 0.717) is 12.2 Å². The first-order valence-electron chi connectivity index (χ1n) is 9.33. The molecule has 9 heteroatoms. The summed E-state index contributed by atoms with van der Waals surface area (Å²) in [6.45, 7) is 3.58. The van der Waals surface area contributed by atoms with Gasteiger partial charge in [-0.05, 0) is 38.7 Å². The van der Waals surface area contributed by atoms with Crippen LogP contribution in [-0.2, 0) is 15.6 Å². The Morgan fingerprint density at radius 1 is 1.41 bits per heavy atom. The van der Waals surface area contributed by atoms with Crippen LogP contribution in [0.15, 0.2) is 18.5 Å². The number of sulfonamides is 1. The molecule has 3 aliphatic rings. The van der Waals surface area contributed by atoms with E-state index in [1.165, 1.54) is 0 Å². The third-order valence-corrected chi connectivity index (χ3v) is 7.61. The Labute approximate surface area is 157 Å². The Kier molecular flexibility index (Phi) is 3.37. The van der Waals surface area contributed by atoms with Gasteiger partial charge in [-0.3, -0.25) is 0 Å². The van der Waals surface area contributed by atoms with Crippen molar-refractivity contribution in [3.63, 3.8) is 0 Å². The van der Waals surface area contributed by atoms with Crippen molar-refractivity contribution in [1.82, 2.24) is 24.2 Å². The minimum absolute atomic E-state index is 0.157. The van der Waals surface area contributed by atoms with Crippen LogP contribution in [0.25, 0.3) is 22.1 Å². The molecule has 0 aromatic carbocycles. The lowest BCUT2D eigenvalue weighted by Crippen LogP contribution is -2.78. The summed E-state index contributed by atoms with van der Waals surface area (Å²) in [6.07, 6.45) is 5.63. The summed E-state index contributed by atoms with van der Waals surface area (Å²) in [4.78, 5) is 12.2. The standard InChI is InChI=1S/C18H23N5O3S/c1-3-6-27(25,26)22-17-8-18(9-17,10-17)23-14-12-4-5-19-15(12)20-7-13(14)21-16(23)11(2)24/h4-5,7,11,22,24H,3,6,8-10H2,1-2H3,(H,19,20). The molecule has 8 nitrogen and oxygen atoms in total. The van der Waals surface area contributed by atoms with Gasteiger partial charge < -0.3 is 14.7 Å². The molecule has 0 saturated heterocycles. The van der Waals surface area contributed by atoms with Gasteiger partial charge in [0, 0.05) is 17.1 Å². The van der Waals surface area contributed by atoms with E-state index in [4.69, 9.17) is 0 Å². The van der Waals surface area contributed by atoms with Crippen molar-refractivity contribution in [2.24, 2.45) is 0 Å². The summed E-state index contributed by atoms with van der Waals surface area (Å²) in [5, 5.41) is 11.3. The van der Waals surface area contributed by atoms with Crippen molar-refractivity contribution in [3.8, 4) is 0 Å². The van der Waals surface area contributed by atoms with E-state index in [0.717, 1.165) is 41.3 Å². The lowest BCUT2D eigenvalue weighted by molar-refractivity contribution is -0.126. The van der Waals surface area contributed by atoms with Gasteiger partial charge in [0.15, 0.2) is 0 Å². The first-order chi connectivity index (χ1) is 12.8. The third-order valence-electron chi connectivity index (χ3n) is 5.92. The highest BCUT2D eigenvalue weighted by molar-refractivity contribution is 7.89. The maximum absolute atomic E-state index is 12.2. The lowest BCUT2D eigenvalue weighted by atomic mass is 9.44. The van der Waals surface area contributed by atoms with Crippen LogP contribution in [0.1, 0.15) is 51.5 Å². The fourth-order valence-electron chi connectivity index (χ4n) is 5.08. The monoisotopic (exact) mass is 389 g/mol. The zero-order valence-electron chi connectivity index (χ0n) is 15.4. The van der Waals surface area contributed by atoms with Crippen molar-refractivity contribution in [2.75, 3.05) is 5.75 Å². The average Bonchev–Trinajstić information content (AvgIpc) is 3.13. The van der Waals surface area contributed by atoms with Crippen LogP contribution in [0.2, 0.25) is 0 Å². The fraction of sp³-hybridized carbons (Fsp3) is 0.556. The largest absolute Gasteiger partial charge is 0.385 e. The zero-order valence-corrected chi connectivity index (χ0v) is 16.2. The van der Waals surface area contributed by atoms with Crippen molar-refractivity contribution in [3.05, 3.63) is 24.3 Å². The quantitative estimate of drug-likeness (QED) is 0.596. The van der Waals surface area contributed by atoms with Crippen molar-refractivity contribution in [1.29, 1.82) is 0 Å². The number of aromatic amines is 1. The number of aliphatic hydroxyl groups is 1. The lowest BCUT2D eigenvalue weighted by Gasteiger charge is -2.70. The summed E-state index contributed by atoms with van der Waals surface area (Å²) in [6, 6.07) is 1.97. The normalized spacial score (nSPS) is 28.3. The maximum atomic E-state index is 12.2.